The third-order valence-corrected chi connectivity index (χ3v) is 3.09. The molecule has 17 heavy (non-hydrogen) atoms. The summed E-state index contributed by atoms with van der Waals surface area (Å²) in [7, 11) is 0. The topological polar surface area (TPSA) is 55.1 Å². The van der Waals surface area contributed by atoms with Crippen molar-refractivity contribution in [1.82, 2.24) is 5.32 Å². The number of rotatable bonds is 4. The first kappa shape index (κ1) is 14.6. The molecule has 0 aliphatic carbocycles. The van der Waals surface area contributed by atoms with E-state index >= 15 is 0 Å². The highest BCUT2D eigenvalue weighted by atomic mass is 79.9. The lowest BCUT2D eigenvalue weighted by Gasteiger charge is -2.13. The van der Waals surface area contributed by atoms with E-state index in [0.717, 1.165) is 8.95 Å². The summed E-state index contributed by atoms with van der Waals surface area (Å²) < 4.78 is 1.69. The molecule has 0 spiro atoms. The van der Waals surface area contributed by atoms with E-state index in [0.29, 0.717) is 17.0 Å². The standard InChI is InChI=1S/C11H12Br2N2OS/c1-6(2-10(14)17)15-11(16)7-3-8(12)5-9(13)4-7/h3-6H,2H2,1H3,(H2,14,17)(H,15,16). The normalized spacial score (nSPS) is 11.9. The summed E-state index contributed by atoms with van der Waals surface area (Å²) in [5, 5.41) is 2.83. The van der Waals surface area contributed by atoms with Gasteiger partial charge in [0.2, 0.25) is 0 Å². The molecule has 0 bridgehead atoms. The molecule has 3 N–H and O–H groups in total. The van der Waals surface area contributed by atoms with Gasteiger partial charge in [0.25, 0.3) is 5.91 Å². The molecule has 6 heteroatoms. The van der Waals surface area contributed by atoms with E-state index in [4.69, 9.17) is 18.0 Å². The van der Waals surface area contributed by atoms with Gasteiger partial charge in [-0.1, -0.05) is 44.1 Å². The Kier molecular flexibility index (Phi) is 5.55. The van der Waals surface area contributed by atoms with Crippen molar-refractivity contribution in [3.05, 3.63) is 32.7 Å². The van der Waals surface area contributed by atoms with Gasteiger partial charge in [-0.05, 0) is 25.1 Å². The highest BCUT2D eigenvalue weighted by Gasteiger charge is 2.11. The number of carbonyl (C=O) groups is 1. The molecule has 0 saturated heterocycles. The summed E-state index contributed by atoms with van der Waals surface area (Å²) in [5.41, 5.74) is 6.01. The van der Waals surface area contributed by atoms with E-state index in [-0.39, 0.29) is 11.9 Å². The highest BCUT2D eigenvalue weighted by Crippen LogP contribution is 2.20. The molecule has 0 aliphatic rings. The van der Waals surface area contributed by atoms with Gasteiger partial charge in [-0.3, -0.25) is 4.79 Å². The molecule has 0 aromatic heterocycles. The van der Waals surface area contributed by atoms with E-state index in [1.807, 2.05) is 13.0 Å². The molecule has 1 amide bonds. The average molecular weight is 380 g/mol. The van der Waals surface area contributed by atoms with Crippen molar-refractivity contribution in [2.75, 3.05) is 0 Å². The number of nitrogens with two attached hydrogens (primary N) is 1. The SMILES string of the molecule is CC(CC(N)=S)NC(=O)c1cc(Br)cc(Br)c1. The van der Waals surface area contributed by atoms with Crippen LogP contribution in [0.4, 0.5) is 0 Å². The number of halogens is 2. The van der Waals surface area contributed by atoms with Crippen LogP contribution in [0.15, 0.2) is 27.1 Å². The van der Waals surface area contributed by atoms with Crippen LogP contribution >= 0.6 is 44.1 Å². The van der Waals surface area contributed by atoms with Crippen LogP contribution in [-0.4, -0.2) is 16.9 Å². The molecule has 0 aliphatic heterocycles. The Balaban J connectivity index is 2.72. The minimum atomic E-state index is -0.143. The first-order valence-corrected chi connectivity index (χ1v) is 6.93. The summed E-state index contributed by atoms with van der Waals surface area (Å²) in [4.78, 5) is 12.3. The molecule has 0 fully saturated rings. The van der Waals surface area contributed by atoms with Crippen molar-refractivity contribution in [2.24, 2.45) is 5.73 Å². The van der Waals surface area contributed by atoms with Gasteiger partial charge >= 0.3 is 0 Å². The van der Waals surface area contributed by atoms with E-state index in [1.165, 1.54) is 0 Å². The zero-order valence-electron chi connectivity index (χ0n) is 9.17. The number of thiocarbonyl (C=S) groups is 1. The van der Waals surface area contributed by atoms with Crippen LogP contribution in [-0.2, 0) is 0 Å². The predicted octanol–water partition coefficient (Wildman–Crippen LogP) is 3.01. The zero-order valence-corrected chi connectivity index (χ0v) is 13.2. The second-order valence-corrected chi connectivity index (χ2v) is 6.06. The van der Waals surface area contributed by atoms with Gasteiger partial charge in [0.05, 0.1) is 4.99 Å². The van der Waals surface area contributed by atoms with Crippen molar-refractivity contribution >= 4 is 55.0 Å². The molecule has 3 nitrogen and oxygen atoms in total. The van der Waals surface area contributed by atoms with Gasteiger partial charge in [0, 0.05) is 27.0 Å². The van der Waals surface area contributed by atoms with Crippen LogP contribution in [0.5, 0.6) is 0 Å². The summed E-state index contributed by atoms with van der Waals surface area (Å²) in [5.74, 6) is -0.143. The zero-order chi connectivity index (χ0) is 13.0. The molecular weight excluding hydrogens is 368 g/mol. The first-order valence-electron chi connectivity index (χ1n) is 4.93. The van der Waals surface area contributed by atoms with Gasteiger partial charge in [0.15, 0.2) is 0 Å². The largest absolute Gasteiger partial charge is 0.393 e. The van der Waals surface area contributed by atoms with Crippen LogP contribution in [0.2, 0.25) is 0 Å². The van der Waals surface area contributed by atoms with Crippen LogP contribution in [0.3, 0.4) is 0 Å². The number of carbonyl (C=O) groups excluding carboxylic acids is 1. The van der Waals surface area contributed by atoms with Crippen LogP contribution in [0, 0.1) is 0 Å². The Labute approximate surface area is 122 Å². The Morgan fingerprint density at radius 3 is 2.41 bits per heavy atom. The lowest BCUT2D eigenvalue weighted by Crippen LogP contribution is -2.35. The van der Waals surface area contributed by atoms with Gasteiger partial charge in [-0.25, -0.2) is 0 Å². The average Bonchev–Trinajstić information content (AvgIpc) is 2.14. The minimum Gasteiger partial charge on any atom is -0.393 e. The second-order valence-electron chi connectivity index (χ2n) is 3.70. The third kappa shape index (κ3) is 5.14. The number of hydrogen-bond acceptors (Lipinski definition) is 2. The number of hydrogen-bond donors (Lipinski definition) is 2. The summed E-state index contributed by atoms with van der Waals surface area (Å²) in [6, 6.07) is 5.31. The quantitative estimate of drug-likeness (QED) is 0.790. The van der Waals surface area contributed by atoms with E-state index < -0.39 is 0 Å². The maximum atomic E-state index is 11.9. The number of benzene rings is 1. The lowest BCUT2D eigenvalue weighted by molar-refractivity contribution is 0.0941. The van der Waals surface area contributed by atoms with Crippen LogP contribution < -0.4 is 11.1 Å². The molecule has 0 radical (unpaired) electrons. The smallest absolute Gasteiger partial charge is 0.251 e. The monoisotopic (exact) mass is 378 g/mol. The van der Waals surface area contributed by atoms with Crippen LogP contribution in [0.25, 0.3) is 0 Å². The highest BCUT2D eigenvalue weighted by molar-refractivity contribution is 9.11. The molecule has 1 aromatic rings. The number of nitrogens with one attached hydrogen (secondary N) is 1. The molecule has 1 unspecified atom stereocenters. The molecule has 1 aromatic carbocycles. The van der Waals surface area contributed by atoms with E-state index in [2.05, 4.69) is 37.2 Å². The van der Waals surface area contributed by atoms with Crippen molar-refractivity contribution in [3.8, 4) is 0 Å². The summed E-state index contributed by atoms with van der Waals surface area (Å²) in [6.45, 7) is 1.87. The minimum absolute atomic E-state index is 0.0715. The number of amides is 1. The van der Waals surface area contributed by atoms with E-state index in [1.54, 1.807) is 12.1 Å². The third-order valence-electron chi connectivity index (χ3n) is 2.01. The Bertz CT molecular complexity index is 431. The van der Waals surface area contributed by atoms with Crippen molar-refractivity contribution in [1.29, 1.82) is 0 Å². The van der Waals surface area contributed by atoms with Gasteiger partial charge in [-0.2, -0.15) is 0 Å². The molecule has 1 rings (SSSR count). The van der Waals surface area contributed by atoms with E-state index in [9.17, 15) is 4.79 Å². The maximum Gasteiger partial charge on any atom is 0.251 e. The second kappa shape index (κ2) is 6.47. The first-order chi connectivity index (χ1) is 7.88. The summed E-state index contributed by atoms with van der Waals surface area (Å²) in [6.07, 6.45) is 0.496. The fourth-order valence-corrected chi connectivity index (χ4v) is 2.89. The Hall–Kier alpha value is -0.460. The Morgan fingerprint density at radius 2 is 1.94 bits per heavy atom. The van der Waals surface area contributed by atoms with Crippen molar-refractivity contribution in [3.63, 3.8) is 0 Å². The van der Waals surface area contributed by atoms with Gasteiger partial charge < -0.3 is 11.1 Å². The molecular formula is C11H12Br2N2OS. The fourth-order valence-electron chi connectivity index (χ4n) is 1.34. The molecule has 0 heterocycles. The molecule has 92 valence electrons. The predicted molar refractivity (Wildman–Crippen MR) is 80.2 cm³/mol. The molecule has 1 atom stereocenters. The summed E-state index contributed by atoms with van der Waals surface area (Å²) >= 11 is 11.5. The van der Waals surface area contributed by atoms with Gasteiger partial charge in [0.1, 0.15) is 0 Å². The maximum absolute atomic E-state index is 11.9. The van der Waals surface area contributed by atoms with Gasteiger partial charge in [-0.15, -0.1) is 0 Å². The van der Waals surface area contributed by atoms with Crippen molar-refractivity contribution < 1.29 is 4.79 Å². The fraction of sp³-hybridized carbons (Fsp3) is 0.273. The van der Waals surface area contributed by atoms with Crippen LogP contribution in [0.1, 0.15) is 23.7 Å². The molecule has 0 saturated carbocycles. The lowest BCUT2D eigenvalue weighted by atomic mass is 10.2. The Morgan fingerprint density at radius 1 is 1.41 bits per heavy atom. The van der Waals surface area contributed by atoms with Crippen molar-refractivity contribution in [2.45, 2.75) is 19.4 Å².